The average molecular weight is 400 g/mol. The smallest absolute Gasteiger partial charge is 0.416 e. The van der Waals surface area contributed by atoms with Crippen LogP contribution in [0, 0.1) is 0 Å². The first kappa shape index (κ1) is 21.1. The Morgan fingerprint density at radius 1 is 1.19 bits per heavy atom. The van der Waals surface area contributed by atoms with Crippen LogP contribution in [0.4, 0.5) is 18.9 Å². The molecular weight excluding hydrogens is 379 g/mol. The van der Waals surface area contributed by atoms with E-state index in [2.05, 4.69) is 0 Å². The molecule has 0 saturated heterocycles. The maximum Gasteiger partial charge on any atom is 0.416 e. The second kappa shape index (κ2) is 8.65. The van der Waals surface area contributed by atoms with Gasteiger partial charge in [-0.2, -0.15) is 13.2 Å². The lowest BCUT2D eigenvalue weighted by molar-refractivity contribution is -0.137. The van der Waals surface area contributed by atoms with Gasteiger partial charge in [-0.1, -0.05) is 37.6 Å². The first-order chi connectivity index (χ1) is 12.8. The largest absolute Gasteiger partial charge is 0.496 e. The monoisotopic (exact) mass is 399 g/mol. The number of anilines is 1. The number of ether oxygens (including phenoxy) is 1. The van der Waals surface area contributed by atoms with E-state index in [4.69, 9.17) is 16.3 Å². The summed E-state index contributed by atoms with van der Waals surface area (Å²) in [6.45, 7) is 4.37. The van der Waals surface area contributed by atoms with E-state index in [1.54, 1.807) is 18.2 Å². The van der Waals surface area contributed by atoms with Crippen LogP contribution in [-0.2, 0) is 23.8 Å². The van der Waals surface area contributed by atoms with E-state index >= 15 is 0 Å². The second-order valence-corrected chi connectivity index (χ2v) is 6.21. The Labute approximate surface area is 161 Å². The third kappa shape index (κ3) is 4.75. The fourth-order valence-corrected chi connectivity index (χ4v) is 3.10. The molecule has 2 aromatic rings. The maximum absolute atomic E-state index is 12.9. The average Bonchev–Trinajstić information content (AvgIpc) is 3.07. The van der Waals surface area contributed by atoms with E-state index in [-0.39, 0.29) is 12.3 Å². The summed E-state index contributed by atoms with van der Waals surface area (Å²) in [5.41, 5.74) is 0.949. The number of carbonyl (C=O) groups excluding carboxylic acids is 1. The van der Waals surface area contributed by atoms with Gasteiger partial charge in [-0.15, -0.1) is 0 Å². The van der Waals surface area contributed by atoms with Gasteiger partial charge in [0.25, 0.3) is 0 Å². The number of rotatable bonds is 3. The molecule has 3 nitrogen and oxygen atoms in total. The number of fused-ring (bicyclic) bond motifs is 1. The van der Waals surface area contributed by atoms with Crippen molar-refractivity contribution in [2.75, 3.05) is 18.6 Å². The summed E-state index contributed by atoms with van der Waals surface area (Å²) in [4.78, 5) is 14.0. The van der Waals surface area contributed by atoms with E-state index in [0.717, 1.165) is 17.7 Å². The fourth-order valence-electron chi connectivity index (χ4n) is 2.94. The summed E-state index contributed by atoms with van der Waals surface area (Å²) in [5.74, 6) is 0.197. The van der Waals surface area contributed by atoms with Crippen molar-refractivity contribution in [2.24, 2.45) is 0 Å². The van der Waals surface area contributed by atoms with Crippen molar-refractivity contribution in [3.05, 3.63) is 58.1 Å². The van der Waals surface area contributed by atoms with Crippen LogP contribution in [0.3, 0.4) is 0 Å². The first-order valence-corrected chi connectivity index (χ1v) is 9.00. The molecule has 1 amide bonds. The van der Waals surface area contributed by atoms with E-state index in [9.17, 15) is 18.0 Å². The first-order valence-electron chi connectivity index (χ1n) is 8.62. The summed E-state index contributed by atoms with van der Waals surface area (Å²) < 4.78 is 44.0. The molecule has 0 bridgehead atoms. The molecule has 0 fully saturated rings. The highest BCUT2D eigenvalue weighted by molar-refractivity contribution is 6.30. The van der Waals surface area contributed by atoms with Gasteiger partial charge >= 0.3 is 6.18 Å². The van der Waals surface area contributed by atoms with Crippen LogP contribution in [0.15, 0.2) is 36.4 Å². The lowest BCUT2D eigenvalue weighted by atomic mass is 10.1. The van der Waals surface area contributed by atoms with Crippen LogP contribution in [0.2, 0.25) is 5.02 Å². The maximum atomic E-state index is 12.9. The minimum Gasteiger partial charge on any atom is -0.496 e. The number of halogens is 4. The van der Waals surface area contributed by atoms with Crippen molar-refractivity contribution >= 4 is 23.2 Å². The summed E-state index contributed by atoms with van der Waals surface area (Å²) >= 11 is 5.90. The molecule has 2 aromatic carbocycles. The Morgan fingerprint density at radius 2 is 1.89 bits per heavy atom. The molecule has 0 atom stereocenters. The molecule has 0 radical (unpaired) electrons. The molecule has 1 heterocycles. The molecule has 1 aliphatic heterocycles. The van der Waals surface area contributed by atoms with Crippen molar-refractivity contribution < 1.29 is 22.7 Å². The molecule has 0 saturated carbocycles. The zero-order valence-electron chi connectivity index (χ0n) is 15.4. The number of alkyl halides is 3. The molecule has 0 spiro atoms. The number of methoxy groups -OCH3 is 1. The number of benzene rings is 2. The van der Waals surface area contributed by atoms with Crippen LogP contribution in [0.5, 0.6) is 5.75 Å². The minimum atomic E-state index is -4.44. The van der Waals surface area contributed by atoms with Gasteiger partial charge in [0, 0.05) is 22.8 Å². The number of carbonyl (C=O) groups is 1. The Hall–Kier alpha value is -2.21. The van der Waals surface area contributed by atoms with Crippen LogP contribution in [0.25, 0.3) is 0 Å². The number of hydrogen-bond acceptors (Lipinski definition) is 2. The third-order valence-electron chi connectivity index (χ3n) is 4.20. The Kier molecular flexibility index (Phi) is 6.76. The van der Waals surface area contributed by atoms with Gasteiger partial charge in [-0.25, -0.2) is 0 Å². The summed E-state index contributed by atoms with van der Waals surface area (Å²) in [6.07, 6.45) is -3.88. The molecule has 0 aliphatic carbocycles. The molecule has 146 valence electrons. The third-order valence-corrected chi connectivity index (χ3v) is 4.44. The predicted octanol–water partition coefficient (Wildman–Crippen LogP) is 5.53. The van der Waals surface area contributed by atoms with Gasteiger partial charge in [0.05, 0.1) is 19.1 Å². The highest BCUT2D eigenvalue weighted by Gasteiger charge is 2.33. The van der Waals surface area contributed by atoms with Crippen molar-refractivity contribution in [2.45, 2.75) is 32.9 Å². The predicted molar refractivity (Wildman–Crippen MR) is 101 cm³/mol. The number of amides is 1. The number of nitrogens with zero attached hydrogens (tertiary/aromatic N) is 1. The second-order valence-electron chi connectivity index (χ2n) is 5.77. The zero-order chi connectivity index (χ0) is 20.2. The van der Waals surface area contributed by atoms with E-state index in [0.29, 0.717) is 35.0 Å². The number of hydrogen-bond donors (Lipinski definition) is 0. The standard InChI is InChI=1S/C18H15ClF3NO2.C2H6/c1-25-16-10-14(19)5-3-12(16)8-17(24)23-7-6-11-2-4-13(9-15(11)23)18(20,21)22;1-2/h2-5,9-10H,6-8H2,1H3;1-2H3. The van der Waals surface area contributed by atoms with Gasteiger partial charge < -0.3 is 9.64 Å². The van der Waals surface area contributed by atoms with Crippen LogP contribution in [0.1, 0.15) is 30.5 Å². The van der Waals surface area contributed by atoms with Crippen LogP contribution >= 0.6 is 11.6 Å². The topological polar surface area (TPSA) is 29.5 Å². The summed E-state index contributed by atoms with van der Waals surface area (Å²) in [6, 6.07) is 8.46. The highest BCUT2D eigenvalue weighted by atomic mass is 35.5. The molecular formula is C20H21ClF3NO2. The Balaban J connectivity index is 0.00000126. The van der Waals surface area contributed by atoms with Crippen LogP contribution in [-0.4, -0.2) is 19.6 Å². The Bertz CT molecular complexity index is 821. The van der Waals surface area contributed by atoms with Gasteiger partial charge in [0.1, 0.15) is 5.75 Å². The van der Waals surface area contributed by atoms with Crippen molar-refractivity contribution in [3.63, 3.8) is 0 Å². The molecule has 0 N–H and O–H groups in total. The van der Waals surface area contributed by atoms with E-state index < -0.39 is 11.7 Å². The molecule has 3 rings (SSSR count). The zero-order valence-corrected chi connectivity index (χ0v) is 16.1. The SMILES string of the molecule is CC.COc1cc(Cl)ccc1CC(=O)N1CCc2ccc(C(F)(F)F)cc21. The quantitative estimate of drug-likeness (QED) is 0.679. The van der Waals surface area contributed by atoms with Crippen LogP contribution < -0.4 is 9.64 Å². The molecule has 27 heavy (non-hydrogen) atoms. The fraction of sp³-hybridized carbons (Fsp3) is 0.350. The van der Waals surface area contributed by atoms with Gasteiger partial charge in [-0.3, -0.25) is 4.79 Å². The highest BCUT2D eigenvalue weighted by Crippen LogP contribution is 2.36. The lowest BCUT2D eigenvalue weighted by Crippen LogP contribution is -2.30. The lowest BCUT2D eigenvalue weighted by Gasteiger charge is -2.19. The van der Waals surface area contributed by atoms with E-state index in [1.807, 2.05) is 13.8 Å². The Morgan fingerprint density at radius 3 is 2.52 bits per heavy atom. The molecule has 0 unspecified atom stereocenters. The summed E-state index contributed by atoms with van der Waals surface area (Å²) in [5, 5.41) is 0.481. The minimum absolute atomic E-state index is 0.0238. The molecule has 7 heteroatoms. The molecule has 0 aromatic heterocycles. The van der Waals surface area contributed by atoms with E-state index in [1.165, 1.54) is 18.1 Å². The van der Waals surface area contributed by atoms with Crippen molar-refractivity contribution in [1.82, 2.24) is 0 Å². The van der Waals surface area contributed by atoms with Gasteiger partial charge in [-0.05, 0) is 36.2 Å². The van der Waals surface area contributed by atoms with Gasteiger partial charge in [0.15, 0.2) is 0 Å². The van der Waals surface area contributed by atoms with Crippen molar-refractivity contribution in [3.8, 4) is 5.75 Å². The summed E-state index contributed by atoms with van der Waals surface area (Å²) in [7, 11) is 1.47. The van der Waals surface area contributed by atoms with Crippen molar-refractivity contribution in [1.29, 1.82) is 0 Å². The molecule has 1 aliphatic rings. The normalized spacial score (nSPS) is 12.9. The van der Waals surface area contributed by atoms with Gasteiger partial charge in [0.2, 0.25) is 5.91 Å².